The van der Waals surface area contributed by atoms with E-state index in [1.54, 1.807) is 29.4 Å². The van der Waals surface area contributed by atoms with Gasteiger partial charge in [0, 0.05) is 50.9 Å². The van der Waals surface area contributed by atoms with Crippen molar-refractivity contribution in [3.63, 3.8) is 0 Å². The van der Waals surface area contributed by atoms with Crippen LogP contribution >= 0.6 is 24.0 Å². The van der Waals surface area contributed by atoms with E-state index < -0.39 is 0 Å². The summed E-state index contributed by atoms with van der Waals surface area (Å²) < 4.78 is 5.80. The number of piperazine rings is 1. The molecular weight excluding hydrogens is 418 g/mol. The van der Waals surface area contributed by atoms with E-state index in [1.165, 1.54) is 17.4 Å². The van der Waals surface area contributed by atoms with Gasteiger partial charge < -0.3 is 14.2 Å². The van der Waals surface area contributed by atoms with Crippen LogP contribution in [-0.4, -0.2) is 58.7 Å². The van der Waals surface area contributed by atoms with Gasteiger partial charge in [0.25, 0.3) is 5.91 Å². The Morgan fingerprint density at radius 3 is 2.57 bits per heavy atom. The van der Waals surface area contributed by atoms with E-state index in [0.29, 0.717) is 34.4 Å². The summed E-state index contributed by atoms with van der Waals surface area (Å²) in [6.45, 7) is 3.57. The Morgan fingerprint density at radius 2 is 1.87 bits per heavy atom. The first kappa shape index (κ1) is 20.7. The second kappa shape index (κ2) is 9.49. The van der Waals surface area contributed by atoms with Gasteiger partial charge in [-0.2, -0.15) is 0 Å². The molecule has 0 aliphatic carbocycles. The Balaban J connectivity index is 1.23. The number of benzene rings is 1. The molecule has 3 heterocycles. The minimum atomic E-state index is -0.120. The molecule has 2 saturated heterocycles. The first-order chi connectivity index (χ1) is 14.6. The number of nitrogens with zero attached hydrogens (tertiary/aromatic N) is 3. The second-order valence-electron chi connectivity index (χ2n) is 7.16. The second-order valence-corrected chi connectivity index (χ2v) is 8.83. The lowest BCUT2D eigenvalue weighted by Crippen LogP contribution is -2.48. The van der Waals surface area contributed by atoms with E-state index in [0.717, 1.165) is 26.2 Å². The molecule has 156 valence electrons. The van der Waals surface area contributed by atoms with Crippen molar-refractivity contribution in [2.24, 2.45) is 0 Å². The van der Waals surface area contributed by atoms with Crippen LogP contribution in [0.4, 0.5) is 5.69 Å². The SMILES string of the molecule is O=C(CCCN1C(=O)/C(=C\c2ccco2)SC1=S)N1CCN(c2ccccc2)CC1. The molecule has 1 aromatic heterocycles. The number of carbonyl (C=O) groups is 2. The molecular formula is C22H23N3O3S2. The fraction of sp³-hybridized carbons (Fsp3) is 0.318. The number of hydrogen-bond donors (Lipinski definition) is 0. The number of thiocarbonyl (C=S) groups is 1. The summed E-state index contributed by atoms with van der Waals surface area (Å²) in [5.41, 5.74) is 1.20. The Kier molecular flexibility index (Phi) is 6.54. The molecule has 1 aromatic carbocycles. The summed E-state index contributed by atoms with van der Waals surface area (Å²) in [4.78, 5) is 31.5. The minimum Gasteiger partial charge on any atom is -0.465 e. The average molecular weight is 442 g/mol. The minimum absolute atomic E-state index is 0.120. The molecule has 2 aromatic rings. The molecule has 2 aliphatic rings. The van der Waals surface area contributed by atoms with Gasteiger partial charge in [-0.15, -0.1) is 0 Å². The van der Waals surface area contributed by atoms with Crippen molar-refractivity contribution in [2.45, 2.75) is 12.8 Å². The predicted molar refractivity (Wildman–Crippen MR) is 123 cm³/mol. The zero-order chi connectivity index (χ0) is 20.9. The molecule has 2 aliphatic heterocycles. The van der Waals surface area contributed by atoms with Gasteiger partial charge in [-0.1, -0.05) is 42.2 Å². The van der Waals surface area contributed by atoms with Gasteiger partial charge >= 0.3 is 0 Å². The normalized spacial score (nSPS) is 18.5. The van der Waals surface area contributed by atoms with Gasteiger partial charge in [0.15, 0.2) is 0 Å². The first-order valence-electron chi connectivity index (χ1n) is 9.98. The number of carbonyl (C=O) groups excluding carboxylic acids is 2. The third kappa shape index (κ3) is 4.76. The standard InChI is InChI=1S/C22H23N3O3S2/c26-20(24-13-11-23(12-14-24)17-6-2-1-3-7-17)9-4-10-25-21(27)19(30-22(25)29)16-18-8-5-15-28-18/h1-3,5-8,15-16H,4,9-14H2/b19-16+. The molecule has 0 spiro atoms. The van der Waals surface area contributed by atoms with Crippen LogP contribution in [0, 0.1) is 0 Å². The molecule has 0 atom stereocenters. The molecule has 0 bridgehead atoms. The molecule has 0 N–H and O–H groups in total. The van der Waals surface area contributed by atoms with E-state index in [4.69, 9.17) is 16.6 Å². The highest BCUT2D eigenvalue weighted by Crippen LogP contribution is 2.32. The molecule has 2 fully saturated rings. The van der Waals surface area contributed by atoms with Crippen LogP contribution in [0.15, 0.2) is 58.1 Å². The number of furan rings is 1. The van der Waals surface area contributed by atoms with Crippen LogP contribution in [0.25, 0.3) is 6.08 Å². The predicted octanol–water partition coefficient (Wildman–Crippen LogP) is 3.61. The highest BCUT2D eigenvalue weighted by atomic mass is 32.2. The fourth-order valence-electron chi connectivity index (χ4n) is 3.59. The zero-order valence-electron chi connectivity index (χ0n) is 16.5. The van der Waals surface area contributed by atoms with Gasteiger partial charge in [0.1, 0.15) is 10.1 Å². The van der Waals surface area contributed by atoms with Crippen molar-refractivity contribution in [1.82, 2.24) is 9.80 Å². The van der Waals surface area contributed by atoms with E-state index >= 15 is 0 Å². The lowest BCUT2D eigenvalue weighted by Gasteiger charge is -2.36. The average Bonchev–Trinajstić information content (AvgIpc) is 3.38. The number of thioether (sulfide) groups is 1. The van der Waals surface area contributed by atoms with E-state index in [1.807, 2.05) is 23.1 Å². The summed E-state index contributed by atoms with van der Waals surface area (Å²) >= 11 is 6.62. The first-order valence-corrected chi connectivity index (χ1v) is 11.2. The summed E-state index contributed by atoms with van der Waals surface area (Å²) in [6, 6.07) is 13.8. The summed E-state index contributed by atoms with van der Waals surface area (Å²) in [5, 5.41) is 0. The quantitative estimate of drug-likeness (QED) is 0.504. The summed E-state index contributed by atoms with van der Waals surface area (Å²) in [7, 11) is 0. The number of amides is 2. The van der Waals surface area contributed by atoms with Gasteiger partial charge in [0.2, 0.25) is 5.91 Å². The van der Waals surface area contributed by atoms with Crippen LogP contribution in [0.1, 0.15) is 18.6 Å². The van der Waals surface area contributed by atoms with Gasteiger partial charge in [0.05, 0.1) is 11.2 Å². The number of anilines is 1. The van der Waals surface area contributed by atoms with Crippen LogP contribution in [0.5, 0.6) is 0 Å². The summed E-state index contributed by atoms with van der Waals surface area (Å²) in [6.07, 6.45) is 4.28. The van der Waals surface area contributed by atoms with Crippen LogP contribution in [-0.2, 0) is 9.59 Å². The van der Waals surface area contributed by atoms with Crippen LogP contribution in [0.2, 0.25) is 0 Å². The number of hydrogen-bond acceptors (Lipinski definition) is 6. The third-order valence-electron chi connectivity index (χ3n) is 5.22. The maximum absolute atomic E-state index is 12.6. The molecule has 0 unspecified atom stereocenters. The highest BCUT2D eigenvalue weighted by Gasteiger charge is 2.32. The lowest BCUT2D eigenvalue weighted by atomic mass is 10.2. The largest absolute Gasteiger partial charge is 0.465 e. The van der Waals surface area contributed by atoms with Crippen LogP contribution in [0.3, 0.4) is 0 Å². The van der Waals surface area contributed by atoms with Gasteiger partial charge in [-0.25, -0.2) is 0 Å². The fourth-order valence-corrected chi connectivity index (χ4v) is 4.88. The zero-order valence-corrected chi connectivity index (χ0v) is 18.2. The van der Waals surface area contributed by atoms with Crippen molar-refractivity contribution in [1.29, 1.82) is 0 Å². The smallest absolute Gasteiger partial charge is 0.266 e. The van der Waals surface area contributed by atoms with Crippen molar-refractivity contribution < 1.29 is 14.0 Å². The number of para-hydroxylation sites is 1. The van der Waals surface area contributed by atoms with E-state index in [-0.39, 0.29) is 11.8 Å². The highest BCUT2D eigenvalue weighted by molar-refractivity contribution is 8.26. The van der Waals surface area contributed by atoms with E-state index in [2.05, 4.69) is 17.0 Å². The van der Waals surface area contributed by atoms with Crippen molar-refractivity contribution >= 4 is 51.9 Å². The Hall–Kier alpha value is -2.58. The number of rotatable bonds is 6. The maximum Gasteiger partial charge on any atom is 0.266 e. The van der Waals surface area contributed by atoms with E-state index in [9.17, 15) is 9.59 Å². The van der Waals surface area contributed by atoms with Crippen molar-refractivity contribution in [3.05, 3.63) is 59.4 Å². The molecule has 8 heteroatoms. The molecule has 30 heavy (non-hydrogen) atoms. The molecule has 0 saturated carbocycles. The van der Waals surface area contributed by atoms with Crippen molar-refractivity contribution in [2.75, 3.05) is 37.6 Å². The molecule has 0 radical (unpaired) electrons. The molecule has 2 amide bonds. The topological polar surface area (TPSA) is 57.0 Å². The monoisotopic (exact) mass is 441 g/mol. The molecule has 6 nitrogen and oxygen atoms in total. The lowest BCUT2D eigenvalue weighted by molar-refractivity contribution is -0.132. The maximum atomic E-state index is 12.6. The Morgan fingerprint density at radius 1 is 1.10 bits per heavy atom. The summed E-state index contributed by atoms with van der Waals surface area (Å²) in [5.74, 6) is 0.643. The Labute approximate surface area is 185 Å². The van der Waals surface area contributed by atoms with Gasteiger partial charge in [-0.3, -0.25) is 14.5 Å². The molecule has 4 rings (SSSR count). The van der Waals surface area contributed by atoms with Gasteiger partial charge in [-0.05, 0) is 30.7 Å². The third-order valence-corrected chi connectivity index (χ3v) is 6.59. The van der Waals surface area contributed by atoms with Crippen molar-refractivity contribution in [3.8, 4) is 0 Å². The Bertz CT molecular complexity index is 936. The van der Waals surface area contributed by atoms with Crippen LogP contribution < -0.4 is 4.90 Å².